The second-order valence-electron chi connectivity index (χ2n) is 7.12. The fourth-order valence-corrected chi connectivity index (χ4v) is 4.58. The van der Waals surface area contributed by atoms with Gasteiger partial charge in [-0.2, -0.15) is 0 Å². The molecular formula is C23H22Cl2FNO5S. The summed E-state index contributed by atoms with van der Waals surface area (Å²) in [6, 6.07) is 15.9. The Labute approximate surface area is 202 Å². The van der Waals surface area contributed by atoms with Gasteiger partial charge in [0.2, 0.25) is 9.84 Å². The van der Waals surface area contributed by atoms with Crippen LogP contribution in [-0.4, -0.2) is 37.7 Å². The zero-order valence-corrected chi connectivity index (χ0v) is 19.6. The zero-order chi connectivity index (χ0) is 23.3. The van der Waals surface area contributed by atoms with E-state index in [2.05, 4.69) is 5.32 Å². The number of hydrogen-bond donors (Lipinski definition) is 3. The Kier molecular flexibility index (Phi) is 9.39. The lowest BCUT2D eigenvalue weighted by Gasteiger charge is -2.13. The third kappa shape index (κ3) is 6.75. The number of halogens is 3. The van der Waals surface area contributed by atoms with E-state index < -0.39 is 33.3 Å². The Hall–Kier alpha value is -2.49. The van der Waals surface area contributed by atoms with Crippen molar-refractivity contribution in [1.82, 2.24) is 5.32 Å². The first-order valence-corrected chi connectivity index (χ1v) is 11.6. The molecule has 176 valence electrons. The summed E-state index contributed by atoms with van der Waals surface area (Å²) in [6.07, 6.45) is -0.0982. The van der Waals surface area contributed by atoms with E-state index in [1.54, 1.807) is 36.4 Å². The van der Waals surface area contributed by atoms with E-state index in [9.17, 15) is 22.7 Å². The van der Waals surface area contributed by atoms with E-state index in [0.29, 0.717) is 36.2 Å². The molecule has 0 aliphatic heterocycles. The maximum Gasteiger partial charge on any atom is 0.338 e. The third-order valence-corrected chi connectivity index (χ3v) is 6.88. The molecular weight excluding hydrogens is 492 g/mol. The molecule has 33 heavy (non-hydrogen) atoms. The smallest absolute Gasteiger partial charge is 0.338 e. The number of rotatable bonds is 9. The van der Waals surface area contributed by atoms with Crippen molar-refractivity contribution in [1.29, 1.82) is 0 Å². The summed E-state index contributed by atoms with van der Waals surface area (Å²) >= 11 is 5.92. The molecule has 0 aliphatic carbocycles. The third-order valence-electron chi connectivity index (χ3n) is 4.88. The summed E-state index contributed by atoms with van der Waals surface area (Å²) in [5, 5.41) is 22.8. The van der Waals surface area contributed by atoms with Crippen molar-refractivity contribution in [3.63, 3.8) is 0 Å². The number of aliphatic hydroxyl groups is 1. The lowest BCUT2D eigenvalue weighted by molar-refractivity contribution is 0.0691. The van der Waals surface area contributed by atoms with Gasteiger partial charge in [0.05, 0.1) is 21.5 Å². The highest BCUT2D eigenvalue weighted by atomic mass is 35.5. The SMILES string of the molecule is Cl.O=C(O)c1ccc(S(=O)(=O)c2ccc(CCNC[C@@H](O)c3cccc(Cl)c3)cc2)cc1F. The minimum atomic E-state index is -3.98. The summed E-state index contributed by atoms with van der Waals surface area (Å²) in [7, 11) is -3.98. The van der Waals surface area contributed by atoms with E-state index in [1.807, 2.05) is 0 Å². The first kappa shape index (κ1) is 26.8. The number of sulfone groups is 1. The molecule has 6 nitrogen and oxygen atoms in total. The molecule has 1 atom stereocenters. The minimum Gasteiger partial charge on any atom is -0.478 e. The molecule has 0 fully saturated rings. The second kappa shape index (κ2) is 11.6. The Morgan fingerprint density at radius 2 is 1.70 bits per heavy atom. The molecule has 0 aliphatic rings. The van der Waals surface area contributed by atoms with Crippen molar-refractivity contribution < 1.29 is 27.8 Å². The molecule has 0 heterocycles. The number of benzene rings is 3. The first-order valence-electron chi connectivity index (χ1n) is 9.69. The van der Waals surface area contributed by atoms with E-state index in [0.717, 1.165) is 17.7 Å². The Bertz CT molecular complexity index is 1220. The van der Waals surface area contributed by atoms with Gasteiger partial charge in [0, 0.05) is 11.6 Å². The number of carboxylic acid groups (broad SMARTS) is 1. The van der Waals surface area contributed by atoms with Crippen LogP contribution in [0.2, 0.25) is 5.02 Å². The van der Waals surface area contributed by atoms with Gasteiger partial charge in [0.25, 0.3) is 0 Å². The quantitative estimate of drug-likeness (QED) is 0.368. The van der Waals surface area contributed by atoms with Crippen LogP contribution in [0.25, 0.3) is 0 Å². The van der Waals surface area contributed by atoms with Crippen LogP contribution in [0.4, 0.5) is 4.39 Å². The molecule has 3 aromatic rings. The topological polar surface area (TPSA) is 104 Å². The molecule has 0 unspecified atom stereocenters. The van der Waals surface area contributed by atoms with Gasteiger partial charge in [-0.15, -0.1) is 12.4 Å². The van der Waals surface area contributed by atoms with E-state index in [4.69, 9.17) is 16.7 Å². The Morgan fingerprint density at radius 1 is 1.03 bits per heavy atom. The first-order chi connectivity index (χ1) is 15.2. The fourth-order valence-electron chi connectivity index (χ4n) is 3.11. The highest BCUT2D eigenvalue weighted by Gasteiger charge is 2.21. The molecule has 0 bridgehead atoms. The molecule has 3 aromatic carbocycles. The molecule has 0 saturated heterocycles. The monoisotopic (exact) mass is 513 g/mol. The van der Waals surface area contributed by atoms with Gasteiger partial charge < -0.3 is 15.5 Å². The standard InChI is InChI=1S/C23H21ClFNO5S.ClH/c24-17-3-1-2-16(12-17)22(27)14-26-11-10-15-4-6-18(7-5-15)32(30,31)19-8-9-20(23(28)29)21(25)13-19;/h1-9,12-13,22,26-27H,10-11,14H2,(H,28,29);1H/t22-;/m1./s1. The molecule has 10 heteroatoms. The van der Waals surface area contributed by atoms with Crippen LogP contribution in [-0.2, 0) is 16.3 Å². The van der Waals surface area contributed by atoms with Gasteiger partial charge in [-0.25, -0.2) is 17.6 Å². The van der Waals surface area contributed by atoms with Crippen molar-refractivity contribution in [2.45, 2.75) is 22.3 Å². The second-order valence-corrected chi connectivity index (χ2v) is 9.51. The van der Waals surface area contributed by atoms with Gasteiger partial charge in [-0.05, 0) is 66.6 Å². The maximum absolute atomic E-state index is 13.9. The van der Waals surface area contributed by atoms with Gasteiger partial charge in [0.15, 0.2) is 0 Å². The number of aromatic carboxylic acids is 1. The van der Waals surface area contributed by atoms with E-state index in [-0.39, 0.29) is 22.2 Å². The van der Waals surface area contributed by atoms with Crippen LogP contribution >= 0.6 is 24.0 Å². The largest absolute Gasteiger partial charge is 0.478 e. The maximum atomic E-state index is 13.9. The van der Waals surface area contributed by atoms with Crippen molar-refractivity contribution >= 4 is 39.8 Å². The lowest BCUT2D eigenvalue weighted by atomic mass is 10.1. The van der Waals surface area contributed by atoms with E-state index >= 15 is 0 Å². The molecule has 3 N–H and O–H groups in total. The molecule has 0 saturated carbocycles. The lowest BCUT2D eigenvalue weighted by Crippen LogP contribution is -2.23. The summed E-state index contributed by atoms with van der Waals surface area (Å²) in [4.78, 5) is 10.6. The van der Waals surface area contributed by atoms with Crippen LogP contribution in [0.3, 0.4) is 0 Å². The van der Waals surface area contributed by atoms with Crippen molar-refractivity contribution in [2.75, 3.05) is 13.1 Å². The highest BCUT2D eigenvalue weighted by Crippen LogP contribution is 2.23. The van der Waals surface area contributed by atoms with Gasteiger partial charge in [-0.3, -0.25) is 0 Å². The van der Waals surface area contributed by atoms with Crippen LogP contribution in [0.15, 0.2) is 76.5 Å². The Morgan fingerprint density at radius 3 is 2.30 bits per heavy atom. The summed E-state index contributed by atoms with van der Waals surface area (Å²) in [6.45, 7) is 0.899. The minimum absolute atomic E-state index is 0. The van der Waals surface area contributed by atoms with Crippen LogP contribution < -0.4 is 5.32 Å². The summed E-state index contributed by atoms with van der Waals surface area (Å²) in [5.74, 6) is -2.58. The zero-order valence-electron chi connectivity index (χ0n) is 17.2. The molecule has 0 aromatic heterocycles. The number of nitrogens with one attached hydrogen (secondary N) is 1. The molecule has 0 radical (unpaired) electrons. The van der Waals surface area contributed by atoms with Gasteiger partial charge in [0.1, 0.15) is 5.82 Å². The Balaban J connectivity index is 0.00000385. The average Bonchev–Trinajstić information content (AvgIpc) is 2.76. The van der Waals surface area contributed by atoms with Crippen LogP contribution in [0.5, 0.6) is 0 Å². The predicted octanol–water partition coefficient (Wildman–Crippen LogP) is 4.30. The highest BCUT2D eigenvalue weighted by molar-refractivity contribution is 7.91. The fraction of sp³-hybridized carbons (Fsp3) is 0.174. The number of carboxylic acids is 1. The van der Waals surface area contributed by atoms with Crippen LogP contribution in [0.1, 0.15) is 27.6 Å². The van der Waals surface area contributed by atoms with E-state index in [1.165, 1.54) is 12.1 Å². The molecule has 0 amide bonds. The summed E-state index contributed by atoms with van der Waals surface area (Å²) in [5.41, 5.74) is 1.00. The normalized spacial score (nSPS) is 12.1. The van der Waals surface area contributed by atoms with Gasteiger partial charge in [-0.1, -0.05) is 35.9 Å². The molecule has 0 spiro atoms. The van der Waals surface area contributed by atoms with Crippen molar-refractivity contribution in [3.8, 4) is 0 Å². The number of aliphatic hydroxyl groups excluding tert-OH is 1. The summed E-state index contributed by atoms with van der Waals surface area (Å²) < 4.78 is 39.3. The number of carbonyl (C=O) groups is 1. The average molecular weight is 514 g/mol. The predicted molar refractivity (Wildman–Crippen MR) is 125 cm³/mol. The molecule has 3 rings (SSSR count). The number of hydrogen-bond acceptors (Lipinski definition) is 5. The van der Waals surface area contributed by atoms with Gasteiger partial charge >= 0.3 is 5.97 Å². The van der Waals surface area contributed by atoms with Crippen molar-refractivity contribution in [2.24, 2.45) is 0 Å². The van der Waals surface area contributed by atoms with Crippen LogP contribution in [0, 0.1) is 5.82 Å². The van der Waals surface area contributed by atoms with Crippen molar-refractivity contribution in [3.05, 3.63) is 94.3 Å².